The fourth-order valence-electron chi connectivity index (χ4n) is 2.14. The minimum absolute atomic E-state index is 0.176. The van der Waals surface area contributed by atoms with E-state index in [0.717, 1.165) is 12.8 Å². The molecule has 21 heavy (non-hydrogen) atoms. The molecule has 3 N–H and O–H groups in total. The van der Waals surface area contributed by atoms with Crippen molar-refractivity contribution < 1.29 is 8.42 Å². The average molecular weight is 313 g/mol. The predicted molar refractivity (Wildman–Crippen MR) is 86.4 cm³/mol. The fraction of sp³-hybridized carbons (Fsp3) is 0.667. The van der Waals surface area contributed by atoms with Crippen LogP contribution in [0.1, 0.15) is 58.3 Å². The van der Waals surface area contributed by atoms with E-state index in [9.17, 15) is 8.42 Å². The highest BCUT2D eigenvalue weighted by molar-refractivity contribution is 7.89. The number of nitrogens with one attached hydrogen (secondary N) is 1. The normalized spacial score (nSPS) is 11.7. The molecule has 0 aliphatic heterocycles. The Balaban J connectivity index is 2.17. The number of anilines is 1. The van der Waals surface area contributed by atoms with Crippen molar-refractivity contribution in [2.24, 2.45) is 0 Å². The lowest BCUT2D eigenvalue weighted by Gasteiger charge is -2.07. The van der Waals surface area contributed by atoms with Gasteiger partial charge in [0.1, 0.15) is 5.82 Å². The molecule has 0 fully saturated rings. The molecule has 1 aromatic heterocycles. The molecule has 0 amide bonds. The summed E-state index contributed by atoms with van der Waals surface area (Å²) in [5, 5.41) is 0. The quantitative estimate of drug-likeness (QED) is 0.615. The van der Waals surface area contributed by atoms with Crippen LogP contribution in [0.5, 0.6) is 0 Å². The standard InChI is InChI=1S/C15H27N3O2S/c1-2-3-4-5-6-7-8-9-11-18-21(19,20)14-10-12-17-15(16)13-14/h10,12-13,18H,2-9,11H2,1H3,(H2,16,17). The van der Waals surface area contributed by atoms with E-state index in [1.54, 1.807) is 0 Å². The molecule has 0 aromatic carbocycles. The van der Waals surface area contributed by atoms with Crippen LogP contribution in [0.3, 0.4) is 0 Å². The summed E-state index contributed by atoms with van der Waals surface area (Å²) in [5.74, 6) is 0.213. The average Bonchev–Trinajstić information content (AvgIpc) is 2.45. The smallest absolute Gasteiger partial charge is 0.240 e. The topological polar surface area (TPSA) is 85.1 Å². The van der Waals surface area contributed by atoms with Crippen LogP contribution in [-0.2, 0) is 10.0 Å². The summed E-state index contributed by atoms with van der Waals surface area (Å²) in [6.45, 7) is 2.68. The predicted octanol–water partition coefficient (Wildman–Crippen LogP) is 3.08. The SMILES string of the molecule is CCCCCCCCCCNS(=O)(=O)c1ccnc(N)c1. The van der Waals surface area contributed by atoms with Gasteiger partial charge in [0.25, 0.3) is 0 Å². The first kappa shape index (κ1) is 17.9. The number of nitrogens with zero attached hydrogens (tertiary/aromatic N) is 1. The lowest BCUT2D eigenvalue weighted by Crippen LogP contribution is -2.25. The molecule has 1 heterocycles. The summed E-state index contributed by atoms with van der Waals surface area (Å²) in [7, 11) is -3.46. The number of sulfonamides is 1. The van der Waals surface area contributed by atoms with Gasteiger partial charge in [-0.15, -0.1) is 0 Å². The molecule has 6 heteroatoms. The third-order valence-electron chi connectivity index (χ3n) is 3.39. The molecule has 0 saturated carbocycles. The van der Waals surface area contributed by atoms with Crippen molar-refractivity contribution in [2.45, 2.75) is 63.2 Å². The summed E-state index contributed by atoms with van der Waals surface area (Å²) in [6.07, 6.45) is 10.9. The molecule has 1 rings (SSSR count). The minimum atomic E-state index is -3.46. The van der Waals surface area contributed by atoms with Crippen LogP contribution in [0, 0.1) is 0 Å². The zero-order chi connectivity index (χ0) is 15.6. The Kier molecular flexibility index (Phi) is 8.30. The van der Waals surface area contributed by atoms with E-state index < -0.39 is 10.0 Å². The Labute approximate surface area is 128 Å². The zero-order valence-electron chi connectivity index (χ0n) is 12.8. The molecule has 0 atom stereocenters. The van der Waals surface area contributed by atoms with Crippen LogP contribution in [0.2, 0.25) is 0 Å². The van der Waals surface area contributed by atoms with Crippen molar-refractivity contribution in [3.05, 3.63) is 18.3 Å². The van der Waals surface area contributed by atoms with Gasteiger partial charge in [-0.3, -0.25) is 0 Å². The van der Waals surface area contributed by atoms with Crippen molar-refractivity contribution in [1.29, 1.82) is 0 Å². The molecule has 0 unspecified atom stereocenters. The molecule has 1 aromatic rings. The summed E-state index contributed by atoms with van der Waals surface area (Å²) in [4.78, 5) is 3.97. The van der Waals surface area contributed by atoms with Crippen LogP contribution >= 0.6 is 0 Å². The van der Waals surface area contributed by atoms with Gasteiger partial charge in [-0.1, -0.05) is 51.9 Å². The molecule has 120 valence electrons. The number of nitrogen functional groups attached to an aromatic ring is 1. The monoisotopic (exact) mass is 313 g/mol. The van der Waals surface area contributed by atoms with Gasteiger partial charge in [-0.25, -0.2) is 18.1 Å². The lowest BCUT2D eigenvalue weighted by molar-refractivity contribution is 0.559. The minimum Gasteiger partial charge on any atom is -0.384 e. The van der Waals surface area contributed by atoms with Crippen molar-refractivity contribution in [3.63, 3.8) is 0 Å². The van der Waals surface area contributed by atoms with Gasteiger partial charge < -0.3 is 5.73 Å². The zero-order valence-corrected chi connectivity index (χ0v) is 13.7. The molecule has 0 saturated heterocycles. The molecule has 0 aliphatic carbocycles. The molecular weight excluding hydrogens is 286 g/mol. The molecule has 0 spiro atoms. The first-order valence-corrected chi connectivity index (χ1v) is 9.26. The van der Waals surface area contributed by atoms with Crippen LogP contribution in [-0.4, -0.2) is 19.9 Å². The maximum Gasteiger partial charge on any atom is 0.240 e. The summed E-state index contributed by atoms with van der Waals surface area (Å²) < 4.78 is 26.6. The van der Waals surface area contributed by atoms with Gasteiger partial charge in [-0.05, 0) is 12.5 Å². The Morgan fingerprint density at radius 2 is 1.71 bits per heavy atom. The highest BCUT2D eigenvalue weighted by Crippen LogP contribution is 2.11. The van der Waals surface area contributed by atoms with Gasteiger partial charge in [-0.2, -0.15) is 0 Å². The Bertz CT molecular complexity index is 503. The highest BCUT2D eigenvalue weighted by atomic mass is 32.2. The fourth-order valence-corrected chi connectivity index (χ4v) is 3.24. The number of nitrogens with two attached hydrogens (primary N) is 1. The van der Waals surface area contributed by atoms with Crippen molar-refractivity contribution >= 4 is 15.8 Å². The first-order valence-electron chi connectivity index (χ1n) is 7.77. The van der Waals surface area contributed by atoms with Crippen LogP contribution < -0.4 is 10.5 Å². The molecular formula is C15H27N3O2S. The van der Waals surface area contributed by atoms with E-state index in [4.69, 9.17) is 5.73 Å². The van der Waals surface area contributed by atoms with E-state index in [1.807, 2.05) is 0 Å². The highest BCUT2D eigenvalue weighted by Gasteiger charge is 2.13. The number of unbranched alkanes of at least 4 members (excludes halogenated alkanes) is 7. The largest absolute Gasteiger partial charge is 0.384 e. The summed E-state index contributed by atoms with van der Waals surface area (Å²) >= 11 is 0. The maximum absolute atomic E-state index is 12.0. The number of hydrogen-bond donors (Lipinski definition) is 2. The number of aromatic nitrogens is 1. The molecule has 5 nitrogen and oxygen atoms in total. The molecule has 0 bridgehead atoms. The van der Waals surface area contributed by atoms with E-state index in [-0.39, 0.29) is 10.7 Å². The van der Waals surface area contributed by atoms with E-state index in [2.05, 4.69) is 16.6 Å². The van der Waals surface area contributed by atoms with Gasteiger partial charge in [0.2, 0.25) is 10.0 Å². The van der Waals surface area contributed by atoms with Crippen LogP contribution in [0.25, 0.3) is 0 Å². The lowest BCUT2D eigenvalue weighted by atomic mass is 10.1. The second-order valence-corrected chi connectivity index (χ2v) is 7.06. The van der Waals surface area contributed by atoms with Gasteiger partial charge in [0.05, 0.1) is 4.90 Å². The number of hydrogen-bond acceptors (Lipinski definition) is 4. The Morgan fingerprint density at radius 1 is 1.10 bits per heavy atom. The van der Waals surface area contributed by atoms with Crippen molar-refractivity contribution in [2.75, 3.05) is 12.3 Å². The summed E-state index contributed by atoms with van der Waals surface area (Å²) in [5.41, 5.74) is 5.50. The number of rotatable bonds is 11. The third-order valence-corrected chi connectivity index (χ3v) is 4.84. The second kappa shape index (κ2) is 9.73. The van der Waals surface area contributed by atoms with E-state index >= 15 is 0 Å². The van der Waals surface area contributed by atoms with Crippen molar-refractivity contribution in [3.8, 4) is 0 Å². The number of pyridine rings is 1. The van der Waals surface area contributed by atoms with Crippen LogP contribution in [0.15, 0.2) is 23.2 Å². The second-order valence-electron chi connectivity index (χ2n) is 5.29. The van der Waals surface area contributed by atoms with Crippen molar-refractivity contribution in [1.82, 2.24) is 9.71 Å². The first-order chi connectivity index (χ1) is 10.1. The maximum atomic E-state index is 12.0. The summed E-state index contributed by atoms with van der Waals surface area (Å²) in [6, 6.07) is 2.82. The van der Waals surface area contributed by atoms with E-state index in [1.165, 1.54) is 56.9 Å². The Morgan fingerprint density at radius 3 is 2.33 bits per heavy atom. The molecule has 0 radical (unpaired) electrons. The molecule has 0 aliphatic rings. The van der Waals surface area contributed by atoms with Gasteiger partial charge in [0.15, 0.2) is 0 Å². The third kappa shape index (κ3) is 7.43. The van der Waals surface area contributed by atoms with Gasteiger partial charge >= 0.3 is 0 Å². The van der Waals surface area contributed by atoms with Gasteiger partial charge in [0, 0.05) is 18.8 Å². The van der Waals surface area contributed by atoms with Crippen LogP contribution in [0.4, 0.5) is 5.82 Å². The van der Waals surface area contributed by atoms with E-state index in [0.29, 0.717) is 6.54 Å². The Hall–Kier alpha value is -1.14.